The third-order valence-electron chi connectivity index (χ3n) is 3.49. The van der Waals surface area contributed by atoms with Crippen LogP contribution in [0.25, 0.3) is 0 Å². The summed E-state index contributed by atoms with van der Waals surface area (Å²) in [5, 5.41) is 3.26. The smallest absolute Gasteiger partial charge is 0.252 e. The second-order valence-electron chi connectivity index (χ2n) is 4.48. The summed E-state index contributed by atoms with van der Waals surface area (Å²) in [4.78, 5) is 0. The van der Waals surface area contributed by atoms with Crippen LogP contribution in [-0.2, 0) is 0 Å². The average molecular weight is 209 g/mol. The van der Waals surface area contributed by atoms with Gasteiger partial charge in [0.1, 0.15) is 0 Å². The number of rotatable bonds is 1. The van der Waals surface area contributed by atoms with Crippen molar-refractivity contribution in [3.8, 4) is 0 Å². The first kappa shape index (κ1) is 9.13. The van der Waals surface area contributed by atoms with Crippen molar-refractivity contribution in [3.05, 3.63) is 29.8 Å². The van der Waals surface area contributed by atoms with E-state index in [1.54, 1.807) is 0 Å². The lowest BCUT2D eigenvalue weighted by Gasteiger charge is -2.26. The molecule has 0 bridgehead atoms. The molecule has 1 aromatic carbocycles. The zero-order chi connectivity index (χ0) is 10.5. The average Bonchev–Trinajstić information content (AvgIpc) is 2.87. The van der Waals surface area contributed by atoms with Crippen LogP contribution in [0.1, 0.15) is 24.3 Å². The van der Waals surface area contributed by atoms with Crippen molar-refractivity contribution >= 4 is 5.69 Å². The van der Waals surface area contributed by atoms with Gasteiger partial charge in [-0.25, -0.2) is 8.78 Å². The van der Waals surface area contributed by atoms with Gasteiger partial charge in [0.25, 0.3) is 5.92 Å². The van der Waals surface area contributed by atoms with Gasteiger partial charge in [-0.1, -0.05) is 18.2 Å². The molecular weight excluding hydrogens is 196 g/mol. The lowest BCUT2D eigenvalue weighted by Crippen LogP contribution is -2.19. The number of para-hydroxylation sites is 1. The van der Waals surface area contributed by atoms with E-state index in [4.69, 9.17) is 0 Å². The Morgan fingerprint density at radius 2 is 2.00 bits per heavy atom. The van der Waals surface area contributed by atoms with Crippen molar-refractivity contribution in [2.75, 3.05) is 11.9 Å². The molecule has 3 heteroatoms. The molecule has 2 aliphatic rings. The third kappa shape index (κ3) is 1.41. The summed E-state index contributed by atoms with van der Waals surface area (Å²) < 4.78 is 26.1. The van der Waals surface area contributed by atoms with Crippen molar-refractivity contribution in [3.63, 3.8) is 0 Å². The molecule has 2 atom stereocenters. The number of halogens is 2. The maximum Gasteiger partial charge on any atom is 0.252 e. The highest BCUT2D eigenvalue weighted by atomic mass is 19.3. The van der Waals surface area contributed by atoms with E-state index < -0.39 is 11.8 Å². The van der Waals surface area contributed by atoms with Gasteiger partial charge in [0, 0.05) is 24.6 Å². The predicted octanol–water partition coefficient (Wildman–Crippen LogP) is 3.24. The molecule has 0 saturated heterocycles. The molecule has 0 aromatic heterocycles. The summed E-state index contributed by atoms with van der Waals surface area (Å²) in [7, 11) is 0. The summed E-state index contributed by atoms with van der Waals surface area (Å²) >= 11 is 0. The third-order valence-corrected chi connectivity index (χ3v) is 3.49. The summed E-state index contributed by atoms with van der Waals surface area (Å²) in [6.45, 7) is 0.814. The van der Waals surface area contributed by atoms with Gasteiger partial charge in [0.15, 0.2) is 0 Å². The van der Waals surface area contributed by atoms with Gasteiger partial charge in [-0.15, -0.1) is 0 Å². The van der Waals surface area contributed by atoms with Crippen LogP contribution >= 0.6 is 0 Å². The molecule has 3 rings (SSSR count). The molecule has 1 nitrogen and oxygen atoms in total. The van der Waals surface area contributed by atoms with Crippen molar-refractivity contribution in [2.24, 2.45) is 5.92 Å². The summed E-state index contributed by atoms with van der Waals surface area (Å²) in [6, 6.07) is 7.82. The SMILES string of the molecule is FC1(F)C[C@H]1[C@@H]1CCNc2ccccc21. The Bertz CT molecular complexity index is 389. The molecular formula is C12H13F2N. The quantitative estimate of drug-likeness (QED) is 0.748. The highest BCUT2D eigenvalue weighted by Gasteiger charge is 2.60. The van der Waals surface area contributed by atoms with E-state index in [9.17, 15) is 8.78 Å². The van der Waals surface area contributed by atoms with Crippen LogP contribution in [0.4, 0.5) is 14.5 Å². The van der Waals surface area contributed by atoms with Gasteiger partial charge in [-0.3, -0.25) is 0 Å². The second kappa shape index (κ2) is 2.94. The molecule has 80 valence electrons. The van der Waals surface area contributed by atoms with Crippen molar-refractivity contribution in [1.82, 2.24) is 0 Å². The molecule has 1 aromatic rings. The highest BCUT2D eigenvalue weighted by Crippen LogP contribution is 2.58. The Labute approximate surface area is 87.5 Å². The van der Waals surface area contributed by atoms with Gasteiger partial charge >= 0.3 is 0 Å². The van der Waals surface area contributed by atoms with Gasteiger partial charge in [-0.2, -0.15) is 0 Å². The highest BCUT2D eigenvalue weighted by molar-refractivity contribution is 5.55. The number of hydrogen-bond donors (Lipinski definition) is 1. The number of hydrogen-bond acceptors (Lipinski definition) is 1. The summed E-state index contributed by atoms with van der Waals surface area (Å²) in [5.41, 5.74) is 2.11. The van der Waals surface area contributed by atoms with E-state index in [0.29, 0.717) is 0 Å². The lowest BCUT2D eigenvalue weighted by molar-refractivity contribution is 0.0920. The fourth-order valence-electron chi connectivity index (χ4n) is 2.59. The molecule has 1 aliphatic carbocycles. The lowest BCUT2D eigenvalue weighted by atomic mass is 9.87. The zero-order valence-corrected chi connectivity index (χ0v) is 8.34. The zero-order valence-electron chi connectivity index (χ0n) is 8.34. The molecule has 15 heavy (non-hydrogen) atoms. The van der Waals surface area contributed by atoms with Crippen molar-refractivity contribution < 1.29 is 8.78 Å². The van der Waals surface area contributed by atoms with Gasteiger partial charge in [0.2, 0.25) is 0 Å². The maximum absolute atomic E-state index is 13.1. The van der Waals surface area contributed by atoms with E-state index in [-0.39, 0.29) is 12.3 Å². The van der Waals surface area contributed by atoms with Crippen molar-refractivity contribution in [2.45, 2.75) is 24.7 Å². The Morgan fingerprint density at radius 3 is 2.73 bits per heavy atom. The van der Waals surface area contributed by atoms with Crippen LogP contribution in [0.2, 0.25) is 0 Å². The van der Waals surface area contributed by atoms with E-state index >= 15 is 0 Å². The standard InChI is InChI=1S/C12H13F2N/c13-12(14)7-10(12)8-5-6-15-11-4-2-1-3-9(8)11/h1-4,8,10,15H,5-7H2/t8-,10+/m1/s1. The molecule has 0 unspecified atom stereocenters. The molecule has 1 aliphatic heterocycles. The van der Waals surface area contributed by atoms with Crippen LogP contribution in [0.5, 0.6) is 0 Å². The number of anilines is 1. The molecule has 0 radical (unpaired) electrons. The Balaban J connectivity index is 1.94. The Kier molecular flexibility index (Phi) is 1.79. The first-order valence-electron chi connectivity index (χ1n) is 5.39. The summed E-state index contributed by atoms with van der Waals surface area (Å²) in [5.74, 6) is -2.77. The number of fused-ring (bicyclic) bond motifs is 1. The Hall–Kier alpha value is -1.12. The fraction of sp³-hybridized carbons (Fsp3) is 0.500. The van der Waals surface area contributed by atoms with E-state index in [0.717, 1.165) is 24.2 Å². The molecule has 0 spiro atoms. The van der Waals surface area contributed by atoms with Gasteiger partial charge < -0.3 is 5.32 Å². The van der Waals surface area contributed by atoms with Gasteiger partial charge in [-0.05, 0) is 24.0 Å². The number of nitrogens with one attached hydrogen (secondary N) is 1. The van der Waals surface area contributed by atoms with Crippen molar-refractivity contribution in [1.29, 1.82) is 0 Å². The largest absolute Gasteiger partial charge is 0.385 e. The second-order valence-corrected chi connectivity index (χ2v) is 4.48. The van der Waals surface area contributed by atoms with E-state index in [1.807, 2.05) is 24.3 Å². The van der Waals surface area contributed by atoms with E-state index in [1.165, 1.54) is 0 Å². The van der Waals surface area contributed by atoms with Crippen LogP contribution in [-0.4, -0.2) is 12.5 Å². The van der Waals surface area contributed by atoms with Crippen LogP contribution < -0.4 is 5.32 Å². The minimum atomic E-state index is -2.41. The normalized spacial score (nSPS) is 31.6. The first-order chi connectivity index (χ1) is 7.18. The van der Waals surface area contributed by atoms with Crippen LogP contribution in [0.15, 0.2) is 24.3 Å². The summed E-state index contributed by atoms with van der Waals surface area (Å²) in [6.07, 6.45) is 0.906. The fourth-order valence-corrected chi connectivity index (χ4v) is 2.59. The maximum atomic E-state index is 13.1. The van der Waals surface area contributed by atoms with Crippen LogP contribution in [0.3, 0.4) is 0 Å². The minimum Gasteiger partial charge on any atom is -0.385 e. The molecule has 1 heterocycles. The van der Waals surface area contributed by atoms with Crippen LogP contribution in [0, 0.1) is 5.92 Å². The monoisotopic (exact) mass is 209 g/mol. The molecule has 0 amide bonds. The molecule has 1 saturated carbocycles. The molecule has 1 fully saturated rings. The van der Waals surface area contributed by atoms with Gasteiger partial charge in [0.05, 0.1) is 0 Å². The van der Waals surface area contributed by atoms with E-state index in [2.05, 4.69) is 5.32 Å². The topological polar surface area (TPSA) is 12.0 Å². The predicted molar refractivity (Wildman–Crippen MR) is 55.3 cm³/mol. The minimum absolute atomic E-state index is 0.0532. The Morgan fingerprint density at radius 1 is 1.27 bits per heavy atom. The number of benzene rings is 1. The number of alkyl halides is 2. The first-order valence-corrected chi connectivity index (χ1v) is 5.39. The molecule has 1 N–H and O–H groups in total.